The molecule has 42 heavy (non-hydrogen) atoms. The van der Waals surface area contributed by atoms with Gasteiger partial charge in [0.05, 0.1) is 16.9 Å². The van der Waals surface area contributed by atoms with Crippen molar-refractivity contribution in [2.24, 2.45) is 0 Å². The molecule has 1 aromatic carbocycles. The molecule has 0 aliphatic carbocycles. The summed E-state index contributed by atoms with van der Waals surface area (Å²) in [4.78, 5) is 40.0. The third kappa shape index (κ3) is 8.20. The Bertz CT molecular complexity index is 1380. The Labute approximate surface area is 243 Å². The van der Waals surface area contributed by atoms with Gasteiger partial charge < -0.3 is 15.1 Å². The molecule has 0 saturated carbocycles. The van der Waals surface area contributed by atoms with Crippen LogP contribution in [0.1, 0.15) is 28.0 Å². The van der Waals surface area contributed by atoms with Crippen molar-refractivity contribution >= 4 is 46.5 Å². The van der Waals surface area contributed by atoms with Crippen LogP contribution in [0.25, 0.3) is 0 Å². The number of aromatic nitrogens is 1. The van der Waals surface area contributed by atoms with Gasteiger partial charge in [-0.25, -0.2) is 9.59 Å². The smallest absolute Gasteiger partial charge is 0.475 e. The van der Waals surface area contributed by atoms with Crippen LogP contribution >= 0.6 is 22.9 Å². The van der Waals surface area contributed by atoms with Crippen molar-refractivity contribution in [2.75, 3.05) is 24.5 Å². The Kier molecular flexibility index (Phi) is 10.2. The molecule has 1 amide bonds. The number of hydrogen-bond donors (Lipinski definition) is 2. The summed E-state index contributed by atoms with van der Waals surface area (Å²) in [6, 6.07) is 13.9. The van der Waals surface area contributed by atoms with Gasteiger partial charge in [0.2, 0.25) is 0 Å². The number of alkyl halides is 6. The quantitative estimate of drug-likeness (QED) is 0.346. The second-order valence-electron chi connectivity index (χ2n) is 9.25. The minimum absolute atomic E-state index is 0.0727. The van der Waals surface area contributed by atoms with Crippen molar-refractivity contribution in [3.05, 3.63) is 81.3 Å². The highest BCUT2D eigenvalue weighted by molar-refractivity contribution is 7.08. The minimum Gasteiger partial charge on any atom is -0.475 e. The number of rotatable bonds is 3. The normalized spacial score (nSPS) is 18.0. The lowest BCUT2D eigenvalue weighted by Crippen LogP contribution is -2.39. The van der Waals surface area contributed by atoms with E-state index in [9.17, 15) is 31.1 Å². The molecule has 1 unspecified atom stereocenters. The maximum Gasteiger partial charge on any atom is 0.490 e. The maximum absolute atomic E-state index is 13.1. The summed E-state index contributed by atoms with van der Waals surface area (Å²) in [5.41, 5.74) is 3.96. The SMILES string of the molecule is O=C(O)C(F)(F)F.O=C(O)C(F)(F)F.O=C(c1ccsc1)N1CC2(CCN(Cc3ccc(Cl)cc3)C2)c2ncccc21. The third-order valence-corrected chi connectivity index (χ3v) is 7.23. The van der Waals surface area contributed by atoms with E-state index in [1.54, 1.807) is 11.3 Å². The number of anilines is 1. The van der Waals surface area contributed by atoms with Crippen LogP contribution in [0.15, 0.2) is 59.4 Å². The number of nitrogens with zero attached hydrogens (tertiary/aromatic N) is 3. The molecule has 0 bridgehead atoms. The van der Waals surface area contributed by atoms with E-state index in [2.05, 4.69) is 17.0 Å². The van der Waals surface area contributed by atoms with Gasteiger partial charge in [-0.1, -0.05) is 23.7 Å². The van der Waals surface area contributed by atoms with E-state index in [-0.39, 0.29) is 11.3 Å². The Morgan fingerprint density at radius 3 is 2.07 bits per heavy atom. The van der Waals surface area contributed by atoms with Gasteiger partial charge in [-0.05, 0) is 54.2 Å². The van der Waals surface area contributed by atoms with Crippen LogP contribution in [0.3, 0.4) is 0 Å². The Morgan fingerprint density at radius 1 is 0.952 bits per heavy atom. The number of carboxylic acids is 2. The Balaban J connectivity index is 0.000000289. The number of carbonyl (C=O) groups excluding carboxylic acids is 1. The van der Waals surface area contributed by atoms with Crippen LogP contribution in [0.5, 0.6) is 0 Å². The molecular formula is C26H22ClF6N3O5S. The van der Waals surface area contributed by atoms with Crippen LogP contribution in [-0.2, 0) is 21.5 Å². The number of likely N-dealkylation sites (tertiary alicyclic amines) is 1. The first-order valence-electron chi connectivity index (χ1n) is 11.9. The number of aliphatic carboxylic acids is 2. The lowest BCUT2D eigenvalue weighted by molar-refractivity contribution is -0.193. The largest absolute Gasteiger partial charge is 0.490 e. The van der Waals surface area contributed by atoms with Gasteiger partial charge in [0, 0.05) is 41.6 Å². The molecule has 5 rings (SSSR count). The van der Waals surface area contributed by atoms with E-state index in [4.69, 9.17) is 36.4 Å². The average molecular weight is 638 g/mol. The highest BCUT2D eigenvalue weighted by Crippen LogP contribution is 2.45. The number of halogens is 7. The predicted molar refractivity (Wildman–Crippen MR) is 141 cm³/mol. The van der Waals surface area contributed by atoms with Crippen molar-refractivity contribution in [2.45, 2.75) is 30.7 Å². The van der Waals surface area contributed by atoms with E-state index >= 15 is 0 Å². The summed E-state index contributed by atoms with van der Waals surface area (Å²) in [7, 11) is 0. The fraction of sp³-hybridized carbons (Fsp3) is 0.308. The van der Waals surface area contributed by atoms with Gasteiger partial charge in [0.1, 0.15) is 0 Å². The molecule has 2 aliphatic rings. The molecule has 8 nitrogen and oxygen atoms in total. The summed E-state index contributed by atoms with van der Waals surface area (Å²) < 4.78 is 63.5. The molecular weight excluding hydrogens is 616 g/mol. The van der Waals surface area contributed by atoms with Gasteiger partial charge in [-0.3, -0.25) is 14.7 Å². The van der Waals surface area contributed by atoms with Crippen LogP contribution in [0, 0.1) is 0 Å². The molecule has 2 aromatic heterocycles. The van der Waals surface area contributed by atoms with Gasteiger partial charge in [-0.15, -0.1) is 0 Å². The third-order valence-electron chi connectivity index (χ3n) is 6.29. The van der Waals surface area contributed by atoms with E-state index in [0.717, 1.165) is 48.0 Å². The number of fused-ring (bicyclic) bond motifs is 2. The highest BCUT2D eigenvalue weighted by atomic mass is 35.5. The number of amides is 1. The Morgan fingerprint density at radius 2 is 1.55 bits per heavy atom. The van der Waals surface area contributed by atoms with Crippen LogP contribution in [-0.4, -0.2) is 69.9 Å². The zero-order valence-corrected chi connectivity index (χ0v) is 22.9. The van der Waals surface area contributed by atoms with Crippen molar-refractivity contribution in [1.29, 1.82) is 0 Å². The summed E-state index contributed by atoms with van der Waals surface area (Å²) in [6.45, 7) is 3.50. The number of carbonyl (C=O) groups is 3. The molecule has 1 spiro atoms. The average Bonchev–Trinajstić information content (AvgIpc) is 3.66. The van der Waals surface area contributed by atoms with Gasteiger partial charge in [0.25, 0.3) is 5.91 Å². The molecule has 4 heterocycles. The predicted octanol–water partition coefficient (Wildman–Crippen LogP) is 5.87. The topological polar surface area (TPSA) is 111 Å². The molecule has 16 heteroatoms. The number of pyridine rings is 1. The second kappa shape index (κ2) is 13.1. The van der Waals surface area contributed by atoms with Crippen molar-refractivity contribution < 1.29 is 50.9 Å². The van der Waals surface area contributed by atoms with Crippen molar-refractivity contribution in [3.8, 4) is 0 Å². The zero-order valence-electron chi connectivity index (χ0n) is 21.3. The zero-order chi connectivity index (χ0) is 31.3. The van der Waals surface area contributed by atoms with Crippen molar-refractivity contribution in [1.82, 2.24) is 9.88 Å². The van der Waals surface area contributed by atoms with E-state index < -0.39 is 24.3 Å². The molecule has 1 fully saturated rings. The van der Waals surface area contributed by atoms with Crippen LogP contribution < -0.4 is 4.90 Å². The molecule has 1 atom stereocenters. The molecule has 2 N–H and O–H groups in total. The van der Waals surface area contributed by atoms with Crippen LogP contribution in [0.4, 0.5) is 32.0 Å². The van der Waals surface area contributed by atoms with E-state index in [0.29, 0.717) is 6.54 Å². The number of benzene rings is 1. The first-order valence-corrected chi connectivity index (χ1v) is 13.2. The molecule has 1 saturated heterocycles. The Hall–Kier alpha value is -3.69. The van der Waals surface area contributed by atoms with Gasteiger partial charge in [-0.2, -0.15) is 37.7 Å². The second-order valence-corrected chi connectivity index (χ2v) is 10.5. The first-order chi connectivity index (χ1) is 19.5. The number of hydrogen-bond acceptors (Lipinski definition) is 6. The minimum atomic E-state index is -5.08. The first kappa shape index (κ1) is 32.8. The van der Waals surface area contributed by atoms with Gasteiger partial charge in [0.15, 0.2) is 0 Å². The van der Waals surface area contributed by atoms with E-state index in [1.807, 2.05) is 52.2 Å². The standard InChI is InChI=1S/C22H20ClN3OS.2C2HF3O2/c23-18-5-3-16(4-6-18)12-25-10-8-22(14-25)15-26(19-2-1-9-24-20(19)22)21(27)17-7-11-28-13-17;2*3-2(4,5)1(6)7/h1-7,9,11,13H,8,10,12,14-15H2;2*(H,6,7). The number of carboxylic acid groups (broad SMARTS) is 2. The fourth-order valence-corrected chi connectivity index (χ4v) is 5.23. The van der Waals surface area contributed by atoms with Crippen LogP contribution in [0.2, 0.25) is 5.02 Å². The lowest BCUT2D eigenvalue weighted by Gasteiger charge is -2.25. The van der Waals surface area contributed by atoms with Gasteiger partial charge >= 0.3 is 24.3 Å². The fourth-order valence-electron chi connectivity index (χ4n) is 4.47. The number of thiophene rings is 1. The molecule has 0 radical (unpaired) electrons. The van der Waals surface area contributed by atoms with Crippen molar-refractivity contribution in [3.63, 3.8) is 0 Å². The summed E-state index contributed by atoms with van der Waals surface area (Å²) >= 11 is 7.57. The lowest BCUT2D eigenvalue weighted by atomic mass is 9.85. The molecule has 226 valence electrons. The van der Waals surface area contributed by atoms with E-state index in [1.165, 1.54) is 5.56 Å². The summed E-state index contributed by atoms with van der Waals surface area (Å²) in [5.74, 6) is -5.44. The summed E-state index contributed by atoms with van der Waals surface area (Å²) in [6.07, 6.45) is -7.31. The molecule has 2 aliphatic heterocycles. The molecule has 3 aromatic rings. The highest BCUT2D eigenvalue weighted by Gasteiger charge is 2.50. The maximum atomic E-state index is 13.1. The summed E-state index contributed by atoms with van der Waals surface area (Å²) in [5, 5.41) is 18.9. The monoisotopic (exact) mass is 637 g/mol.